The average molecular weight is 641 g/mol. The maximum absolute atomic E-state index is 11.5. The quantitative estimate of drug-likeness (QED) is 0.118. The van der Waals surface area contributed by atoms with Gasteiger partial charge in [0, 0.05) is 31.9 Å². The number of ether oxygens (including phenoxy) is 3. The van der Waals surface area contributed by atoms with Gasteiger partial charge in [0.05, 0.1) is 44.8 Å². The number of rotatable bonds is 22. The van der Waals surface area contributed by atoms with E-state index in [4.69, 9.17) is 19.9 Å². The van der Waals surface area contributed by atoms with E-state index < -0.39 is 11.9 Å². The van der Waals surface area contributed by atoms with Crippen LogP contribution in [0.2, 0.25) is 0 Å². The molecule has 1 aliphatic carbocycles. The normalized spacial score (nSPS) is 19.1. The lowest BCUT2D eigenvalue weighted by molar-refractivity contribution is 0.00240. The van der Waals surface area contributed by atoms with Crippen LogP contribution in [0.25, 0.3) is 0 Å². The van der Waals surface area contributed by atoms with Crippen LogP contribution in [0, 0.1) is 5.41 Å². The zero-order chi connectivity index (χ0) is 33.2. The van der Waals surface area contributed by atoms with Crippen molar-refractivity contribution in [1.82, 2.24) is 14.9 Å². The molecule has 11 nitrogen and oxygen atoms in total. The lowest BCUT2D eigenvalue weighted by atomic mass is 9.70. The van der Waals surface area contributed by atoms with Crippen LogP contribution in [0.4, 0.5) is 0 Å². The SMILES string of the molecule is CCC1(C)CC/C(=C\CCCCc2cccc(C(=O)O)n2)C(OCCN(CCOCCOCCN)Cc2cccc(C(=O)O)n2)C1. The van der Waals surface area contributed by atoms with Crippen molar-refractivity contribution < 1.29 is 34.0 Å². The van der Waals surface area contributed by atoms with E-state index in [0.717, 1.165) is 57.1 Å². The van der Waals surface area contributed by atoms with Gasteiger partial charge < -0.3 is 30.2 Å². The van der Waals surface area contributed by atoms with Crippen molar-refractivity contribution in [2.24, 2.45) is 11.1 Å². The van der Waals surface area contributed by atoms with Gasteiger partial charge in [0.25, 0.3) is 0 Å². The molecule has 0 aromatic carbocycles. The van der Waals surface area contributed by atoms with Crippen LogP contribution in [-0.2, 0) is 27.2 Å². The average Bonchev–Trinajstić information content (AvgIpc) is 3.05. The zero-order valence-corrected chi connectivity index (χ0v) is 27.5. The second-order valence-electron chi connectivity index (χ2n) is 12.2. The number of hydrogen-bond donors (Lipinski definition) is 3. The Hall–Kier alpha value is -3.22. The summed E-state index contributed by atoms with van der Waals surface area (Å²) in [5, 5.41) is 18.6. The van der Waals surface area contributed by atoms with Crippen molar-refractivity contribution >= 4 is 11.9 Å². The molecule has 11 heteroatoms. The van der Waals surface area contributed by atoms with Crippen LogP contribution in [0.5, 0.6) is 0 Å². The molecular formula is C35H52N4O7. The van der Waals surface area contributed by atoms with E-state index in [0.29, 0.717) is 64.9 Å². The standard InChI is InChI=1S/C35H52N4O7/c1-3-35(2)16-15-27(9-5-4-6-10-28-11-7-13-30(37-28)33(40)41)32(25-35)46-22-19-39(18-21-45-24-23-44-20-17-36)26-29-12-8-14-31(38-29)34(42)43/h7-9,11-14,32H,3-6,10,15-26,36H2,1-2H3,(H,40,41)(H,42,43)/b27-9+. The number of carboxylic acids is 2. The predicted molar refractivity (Wildman–Crippen MR) is 176 cm³/mol. The van der Waals surface area contributed by atoms with Crippen LogP contribution in [0.15, 0.2) is 48.0 Å². The topological polar surface area (TPSA) is 157 Å². The summed E-state index contributed by atoms with van der Waals surface area (Å²) in [6, 6.07) is 10.2. The molecule has 4 N–H and O–H groups in total. The van der Waals surface area contributed by atoms with Crippen LogP contribution in [-0.4, -0.2) is 95.8 Å². The number of pyridine rings is 2. The molecule has 46 heavy (non-hydrogen) atoms. The Morgan fingerprint density at radius 3 is 2.28 bits per heavy atom. The molecular weight excluding hydrogens is 588 g/mol. The Labute approximate surface area is 273 Å². The number of aromatic nitrogens is 2. The molecule has 0 radical (unpaired) electrons. The highest BCUT2D eigenvalue weighted by molar-refractivity contribution is 5.85. The van der Waals surface area contributed by atoms with Crippen molar-refractivity contribution in [1.29, 1.82) is 0 Å². The number of allylic oxidation sites excluding steroid dienone is 1. The third-order valence-corrected chi connectivity index (χ3v) is 8.61. The van der Waals surface area contributed by atoms with E-state index in [1.807, 2.05) is 12.1 Å². The summed E-state index contributed by atoms with van der Waals surface area (Å²) in [7, 11) is 0. The Bertz CT molecular complexity index is 1260. The molecule has 0 spiro atoms. The first-order valence-electron chi connectivity index (χ1n) is 16.5. The number of hydrogen-bond acceptors (Lipinski definition) is 9. The Morgan fingerprint density at radius 2 is 1.61 bits per heavy atom. The summed E-state index contributed by atoms with van der Waals surface area (Å²) >= 11 is 0. The highest BCUT2D eigenvalue weighted by Crippen LogP contribution is 2.42. The second-order valence-corrected chi connectivity index (χ2v) is 12.2. The molecule has 0 bridgehead atoms. The minimum absolute atomic E-state index is 0.0304. The van der Waals surface area contributed by atoms with E-state index in [9.17, 15) is 19.8 Å². The minimum Gasteiger partial charge on any atom is -0.477 e. The Morgan fingerprint density at radius 1 is 0.957 bits per heavy atom. The molecule has 2 unspecified atom stereocenters. The lowest BCUT2D eigenvalue weighted by Crippen LogP contribution is -2.36. The fourth-order valence-corrected chi connectivity index (χ4v) is 5.59. The molecule has 3 rings (SSSR count). The van der Waals surface area contributed by atoms with Gasteiger partial charge in [-0.2, -0.15) is 0 Å². The summed E-state index contributed by atoms with van der Waals surface area (Å²) in [6.45, 7) is 9.38. The highest BCUT2D eigenvalue weighted by Gasteiger charge is 2.34. The van der Waals surface area contributed by atoms with Crippen molar-refractivity contribution in [3.05, 3.63) is 70.8 Å². The van der Waals surface area contributed by atoms with Crippen molar-refractivity contribution in [3.63, 3.8) is 0 Å². The fourth-order valence-electron chi connectivity index (χ4n) is 5.59. The largest absolute Gasteiger partial charge is 0.477 e. The lowest BCUT2D eigenvalue weighted by Gasteiger charge is -2.39. The summed E-state index contributed by atoms with van der Waals surface area (Å²) in [6.07, 6.45) is 10.3. The predicted octanol–water partition coefficient (Wildman–Crippen LogP) is 4.99. The number of unbranched alkanes of at least 4 members (excludes halogenated alkanes) is 2. The number of nitrogens with zero attached hydrogens (tertiary/aromatic N) is 3. The van der Waals surface area contributed by atoms with Crippen LogP contribution < -0.4 is 5.73 Å². The van der Waals surface area contributed by atoms with E-state index >= 15 is 0 Å². The van der Waals surface area contributed by atoms with E-state index in [1.165, 1.54) is 17.7 Å². The Balaban J connectivity index is 1.56. The zero-order valence-electron chi connectivity index (χ0n) is 27.5. The molecule has 0 aliphatic heterocycles. The molecule has 1 fully saturated rings. The van der Waals surface area contributed by atoms with Crippen LogP contribution in [0.3, 0.4) is 0 Å². The molecule has 1 saturated carbocycles. The third-order valence-electron chi connectivity index (χ3n) is 8.61. The molecule has 1 aliphatic rings. The van der Waals surface area contributed by atoms with Gasteiger partial charge in [0.1, 0.15) is 11.4 Å². The molecule has 254 valence electrons. The monoisotopic (exact) mass is 640 g/mol. The van der Waals surface area contributed by atoms with Gasteiger partial charge in [-0.15, -0.1) is 0 Å². The van der Waals surface area contributed by atoms with Gasteiger partial charge in [-0.05, 0) is 80.2 Å². The number of carbonyl (C=O) groups is 2. The molecule has 0 saturated heterocycles. The number of nitrogens with two attached hydrogens (primary N) is 1. The van der Waals surface area contributed by atoms with Crippen molar-refractivity contribution in [2.75, 3.05) is 52.7 Å². The number of carboxylic acid groups (broad SMARTS) is 2. The Kier molecular flexibility index (Phi) is 16.3. The van der Waals surface area contributed by atoms with Crippen molar-refractivity contribution in [3.8, 4) is 0 Å². The highest BCUT2D eigenvalue weighted by atomic mass is 16.5. The first kappa shape index (κ1) is 37.2. The molecule has 2 heterocycles. The maximum Gasteiger partial charge on any atom is 0.354 e. The fraction of sp³-hybridized carbons (Fsp3) is 0.600. The number of aromatic carboxylic acids is 2. The first-order valence-corrected chi connectivity index (χ1v) is 16.5. The first-order chi connectivity index (χ1) is 22.2. The van der Waals surface area contributed by atoms with Gasteiger partial charge in [0.2, 0.25) is 0 Å². The maximum atomic E-state index is 11.5. The van der Waals surface area contributed by atoms with Crippen LogP contribution in [0.1, 0.15) is 91.2 Å². The summed E-state index contributed by atoms with van der Waals surface area (Å²) in [5.41, 5.74) is 8.68. The van der Waals surface area contributed by atoms with Gasteiger partial charge in [0.15, 0.2) is 0 Å². The van der Waals surface area contributed by atoms with E-state index in [-0.39, 0.29) is 22.9 Å². The summed E-state index contributed by atoms with van der Waals surface area (Å²) in [5.74, 6) is -2.05. The van der Waals surface area contributed by atoms with Gasteiger partial charge >= 0.3 is 11.9 Å². The second kappa shape index (κ2) is 20.1. The molecule has 2 aromatic heterocycles. The third kappa shape index (κ3) is 13.3. The summed E-state index contributed by atoms with van der Waals surface area (Å²) in [4.78, 5) is 33.4. The summed E-state index contributed by atoms with van der Waals surface area (Å²) < 4.78 is 17.8. The number of aryl methyl sites for hydroxylation is 1. The minimum atomic E-state index is -1.04. The molecule has 2 aromatic rings. The van der Waals surface area contributed by atoms with Crippen molar-refractivity contribution in [2.45, 2.75) is 77.9 Å². The van der Waals surface area contributed by atoms with Crippen LogP contribution >= 0.6 is 0 Å². The van der Waals surface area contributed by atoms with E-state index in [1.54, 1.807) is 12.1 Å². The smallest absolute Gasteiger partial charge is 0.354 e. The molecule has 2 atom stereocenters. The molecule has 0 amide bonds. The van der Waals surface area contributed by atoms with Gasteiger partial charge in [-0.1, -0.05) is 38.5 Å². The van der Waals surface area contributed by atoms with Gasteiger partial charge in [-0.25, -0.2) is 19.6 Å². The van der Waals surface area contributed by atoms with Gasteiger partial charge in [-0.3, -0.25) is 4.90 Å². The van der Waals surface area contributed by atoms with E-state index in [2.05, 4.69) is 34.8 Å².